The quantitative estimate of drug-likeness (QED) is 0.910. The van der Waals surface area contributed by atoms with Crippen molar-refractivity contribution in [1.82, 2.24) is 14.7 Å². The van der Waals surface area contributed by atoms with E-state index in [4.69, 9.17) is 16.3 Å². The molecule has 8 heteroatoms. The number of carboxylic acids is 1. The molecular weight excluding hydrogens is 322 g/mol. The van der Waals surface area contributed by atoms with Crippen molar-refractivity contribution in [2.75, 3.05) is 13.7 Å². The first-order valence-electron chi connectivity index (χ1n) is 6.94. The molecule has 1 aliphatic heterocycles. The molecule has 3 rings (SSSR count). The van der Waals surface area contributed by atoms with Crippen LogP contribution in [0.1, 0.15) is 21.7 Å². The van der Waals surface area contributed by atoms with Gasteiger partial charge in [-0.3, -0.25) is 0 Å². The fourth-order valence-corrected chi connectivity index (χ4v) is 2.80. The van der Waals surface area contributed by atoms with E-state index in [1.165, 1.54) is 12.0 Å². The van der Waals surface area contributed by atoms with E-state index < -0.39 is 12.1 Å². The lowest BCUT2D eigenvalue weighted by molar-refractivity contribution is 0.0685. The largest absolute Gasteiger partial charge is 0.476 e. The zero-order valence-corrected chi connectivity index (χ0v) is 13.1. The highest BCUT2D eigenvalue weighted by molar-refractivity contribution is 6.30. The molecule has 1 N–H and O–H groups in total. The molecule has 0 aliphatic carbocycles. The van der Waals surface area contributed by atoms with Crippen molar-refractivity contribution in [3.05, 3.63) is 46.2 Å². The second-order valence-corrected chi connectivity index (χ2v) is 5.55. The number of carbonyl (C=O) groups excluding carboxylic acids is 1. The number of aromatic carboxylic acids is 1. The number of carboxylic acid groups (broad SMARTS) is 1. The molecule has 1 aromatic carbocycles. The highest BCUT2D eigenvalue weighted by Gasteiger charge is 2.30. The number of nitrogens with zero attached hydrogens (tertiary/aromatic N) is 3. The molecule has 0 bridgehead atoms. The minimum atomic E-state index is -1.12. The maximum atomic E-state index is 11.7. The van der Waals surface area contributed by atoms with Crippen LogP contribution in [-0.4, -0.2) is 45.5 Å². The fourth-order valence-electron chi connectivity index (χ4n) is 2.67. The molecule has 7 nitrogen and oxygen atoms in total. The minimum absolute atomic E-state index is 0.0523. The second kappa shape index (κ2) is 5.92. The standard InChI is InChI=1S/C15H14ClN3O4/c1-23-15(22)18-7-6-12-11(8-18)13(14(20)21)17-19(12)10-4-2-9(16)3-5-10/h2-5H,6-8H2,1H3,(H,20,21). The molecule has 0 atom stereocenters. The molecule has 1 amide bonds. The van der Waals surface area contributed by atoms with Gasteiger partial charge in [-0.25, -0.2) is 14.3 Å². The third-order valence-electron chi connectivity index (χ3n) is 3.76. The first-order chi connectivity index (χ1) is 11.0. The van der Waals surface area contributed by atoms with Gasteiger partial charge in [0.15, 0.2) is 5.69 Å². The summed E-state index contributed by atoms with van der Waals surface area (Å²) in [6, 6.07) is 6.98. The Morgan fingerprint density at radius 1 is 1.30 bits per heavy atom. The molecular formula is C15H14ClN3O4. The van der Waals surface area contributed by atoms with Crippen LogP contribution < -0.4 is 0 Å². The van der Waals surface area contributed by atoms with Gasteiger partial charge in [0.25, 0.3) is 0 Å². The maximum absolute atomic E-state index is 11.7. The van der Waals surface area contributed by atoms with Gasteiger partial charge in [0.2, 0.25) is 0 Å². The van der Waals surface area contributed by atoms with Crippen molar-refractivity contribution in [2.24, 2.45) is 0 Å². The number of hydrogen-bond donors (Lipinski definition) is 1. The molecule has 0 saturated heterocycles. The van der Waals surface area contributed by atoms with Crippen LogP contribution in [0.2, 0.25) is 5.02 Å². The third-order valence-corrected chi connectivity index (χ3v) is 4.02. The molecule has 120 valence electrons. The van der Waals surface area contributed by atoms with Gasteiger partial charge >= 0.3 is 12.1 Å². The molecule has 1 aliphatic rings. The molecule has 1 aromatic heterocycles. The van der Waals surface area contributed by atoms with Gasteiger partial charge in [0.05, 0.1) is 25.0 Å². The number of carbonyl (C=O) groups is 2. The summed E-state index contributed by atoms with van der Waals surface area (Å²) in [6.45, 7) is 0.606. The first-order valence-corrected chi connectivity index (χ1v) is 7.32. The summed E-state index contributed by atoms with van der Waals surface area (Å²) in [5.74, 6) is -1.12. The summed E-state index contributed by atoms with van der Waals surface area (Å²) in [7, 11) is 1.30. The van der Waals surface area contributed by atoms with Crippen molar-refractivity contribution in [3.63, 3.8) is 0 Å². The van der Waals surface area contributed by atoms with E-state index in [2.05, 4.69) is 5.10 Å². The second-order valence-electron chi connectivity index (χ2n) is 5.11. The van der Waals surface area contributed by atoms with E-state index in [0.717, 1.165) is 11.4 Å². The van der Waals surface area contributed by atoms with Crippen molar-refractivity contribution in [1.29, 1.82) is 0 Å². The van der Waals surface area contributed by atoms with Crippen LogP contribution in [0, 0.1) is 0 Å². The van der Waals surface area contributed by atoms with E-state index in [9.17, 15) is 14.7 Å². The SMILES string of the molecule is COC(=O)N1CCc2c(c(C(=O)O)nn2-c2ccc(Cl)cc2)C1. The molecule has 0 radical (unpaired) electrons. The Bertz CT molecular complexity index is 770. The van der Waals surface area contributed by atoms with Gasteiger partial charge < -0.3 is 14.7 Å². The van der Waals surface area contributed by atoms with Crippen LogP contribution in [0.5, 0.6) is 0 Å². The summed E-state index contributed by atoms with van der Waals surface area (Å²) in [6.07, 6.45) is 0.0131. The van der Waals surface area contributed by atoms with Crippen LogP contribution in [0.4, 0.5) is 4.79 Å². The van der Waals surface area contributed by atoms with E-state index in [1.54, 1.807) is 28.9 Å². The first kappa shape index (κ1) is 15.4. The van der Waals surface area contributed by atoms with E-state index >= 15 is 0 Å². The van der Waals surface area contributed by atoms with Crippen LogP contribution in [0.25, 0.3) is 5.69 Å². The number of rotatable bonds is 2. The Hall–Kier alpha value is -2.54. The number of amides is 1. The molecule has 2 heterocycles. The summed E-state index contributed by atoms with van der Waals surface area (Å²) in [4.78, 5) is 24.6. The van der Waals surface area contributed by atoms with Gasteiger partial charge in [-0.1, -0.05) is 11.6 Å². The Kier molecular flexibility index (Phi) is 3.96. The van der Waals surface area contributed by atoms with Crippen LogP contribution in [-0.2, 0) is 17.7 Å². The van der Waals surface area contributed by atoms with Gasteiger partial charge in [-0.15, -0.1) is 0 Å². The monoisotopic (exact) mass is 335 g/mol. The molecule has 0 unspecified atom stereocenters. The van der Waals surface area contributed by atoms with E-state index in [0.29, 0.717) is 23.6 Å². The topological polar surface area (TPSA) is 84.7 Å². The summed E-state index contributed by atoms with van der Waals surface area (Å²) in [5.41, 5.74) is 1.99. The number of halogens is 1. The number of fused-ring (bicyclic) bond motifs is 1. The van der Waals surface area contributed by atoms with Gasteiger partial charge in [-0.2, -0.15) is 5.10 Å². The summed E-state index contributed by atoms with van der Waals surface area (Å²) < 4.78 is 6.31. The van der Waals surface area contributed by atoms with Crippen LogP contribution in [0.3, 0.4) is 0 Å². The number of hydrogen-bond acceptors (Lipinski definition) is 4. The molecule has 2 aromatic rings. The molecule has 0 fully saturated rings. The third kappa shape index (κ3) is 2.75. The Morgan fingerprint density at radius 2 is 2.00 bits per heavy atom. The fraction of sp³-hybridized carbons (Fsp3) is 0.267. The van der Waals surface area contributed by atoms with Gasteiger partial charge in [0.1, 0.15) is 0 Å². The number of ether oxygens (including phenoxy) is 1. The van der Waals surface area contributed by atoms with E-state index in [1.807, 2.05) is 0 Å². The van der Waals surface area contributed by atoms with Crippen LogP contribution >= 0.6 is 11.6 Å². The molecule has 23 heavy (non-hydrogen) atoms. The minimum Gasteiger partial charge on any atom is -0.476 e. The highest BCUT2D eigenvalue weighted by Crippen LogP contribution is 2.26. The van der Waals surface area contributed by atoms with Crippen molar-refractivity contribution < 1.29 is 19.4 Å². The zero-order valence-electron chi connectivity index (χ0n) is 12.3. The average Bonchev–Trinajstić information content (AvgIpc) is 2.93. The Labute approximate surface area is 137 Å². The lowest BCUT2D eigenvalue weighted by Gasteiger charge is -2.26. The summed E-state index contributed by atoms with van der Waals surface area (Å²) >= 11 is 5.89. The van der Waals surface area contributed by atoms with Crippen molar-refractivity contribution in [3.8, 4) is 5.69 Å². The normalized spacial score (nSPS) is 13.6. The lowest BCUT2D eigenvalue weighted by atomic mass is 10.1. The number of methoxy groups -OCH3 is 1. The van der Waals surface area contributed by atoms with Gasteiger partial charge in [-0.05, 0) is 24.3 Å². The Balaban J connectivity index is 2.06. The predicted octanol–water partition coefficient (Wildman–Crippen LogP) is 2.35. The summed E-state index contributed by atoms with van der Waals surface area (Å²) in [5, 5.41) is 14.2. The zero-order chi connectivity index (χ0) is 16.6. The van der Waals surface area contributed by atoms with E-state index in [-0.39, 0.29) is 12.2 Å². The predicted molar refractivity (Wildman–Crippen MR) is 82.1 cm³/mol. The number of aromatic nitrogens is 2. The van der Waals surface area contributed by atoms with Crippen molar-refractivity contribution in [2.45, 2.75) is 13.0 Å². The van der Waals surface area contributed by atoms with Crippen molar-refractivity contribution >= 4 is 23.7 Å². The Morgan fingerprint density at radius 3 is 2.61 bits per heavy atom. The highest BCUT2D eigenvalue weighted by atomic mass is 35.5. The average molecular weight is 336 g/mol. The van der Waals surface area contributed by atoms with Crippen LogP contribution in [0.15, 0.2) is 24.3 Å². The van der Waals surface area contributed by atoms with Gasteiger partial charge in [0, 0.05) is 23.6 Å². The molecule has 0 saturated carbocycles. The lowest BCUT2D eigenvalue weighted by Crippen LogP contribution is -2.36. The number of benzene rings is 1. The maximum Gasteiger partial charge on any atom is 0.409 e. The smallest absolute Gasteiger partial charge is 0.409 e. The molecule has 0 spiro atoms.